The SMILES string of the molecule is CN1CCN(S(=O)(=O)CCN2CCNCC2)CC1(C)C. The molecule has 1 N–H and O–H groups in total. The normalized spacial score (nSPS) is 26.8. The van der Waals surface area contributed by atoms with E-state index >= 15 is 0 Å². The van der Waals surface area contributed by atoms with Crippen LogP contribution in [0, 0.1) is 0 Å². The zero-order valence-electron chi connectivity index (χ0n) is 12.9. The minimum absolute atomic E-state index is 0.0830. The van der Waals surface area contributed by atoms with Gasteiger partial charge in [-0.15, -0.1) is 0 Å². The Morgan fingerprint density at radius 1 is 1.10 bits per heavy atom. The van der Waals surface area contributed by atoms with Gasteiger partial charge in [-0.25, -0.2) is 8.42 Å². The summed E-state index contributed by atoms with van der Waals surface area (Å²) in [5.74, 6) is 0.243. The van der Waals surface area contributed by atoms with Gasteiger partial charge in [0.05, 0.1) is 5.75 Å². The molecule has 6 nitrogen and oxygen atoms in total. The van der Waals surface area contributed by atoms with Crippen LogP contribution >= 0.6 is 0 Å². The van der Waals surface area contributed by atoms with Crippen molar-refractivity contribution in [2.75, 3.05) is 65.2 Å². The summed E-state index contributed by atoms with van der Waals surface area (Å²) in [7, 11) is -1.07. The van der Waals surface area contributed by atoms with Crippen LogP contribution in [0.4, 0.5) is 0 Å². The van der Waals surface area contributed by atoms with Crippen molar-refractivity contribution in [3.63, 3.8) is 0 Å². The molecule has 0 unspecified atom stereocenters. The number of piperazine rings is 2. The minimum Gasteiger partial charge on any atom is -0.314 e. The third-order valence-electron chi connectivity index (χ3n) is 4.55. The largest absolute Gasteiger partial charge is 0.314 e. The van der Waals surface area contributed by atoms with Gasteiger partial charge in [-0.05, 0) is 20.9 Å². The lowest BCUT2D eigenvalue weighted by Crippen LogP contribution is -2.59. The maximum atomic E-state index is 12.5. The van der Waals surface area contributed by atoms with Crippen molar-refractivity contribution in [3.8, 4) is 0 Å². The Bertz CT molecular complexity index is 418. The molecule has 118 valence electrons. The molecule has 0 aliphatic carbocycles. The maximum absolute atomic E-state index is 12.5. The van der Waals surface area contributed by atoms with Crippen molar-refractivity contribution >= 4 is 10.0 Å². The van der Waals surface area contributed by atoms with Crippen molar-refractivity contribution < 1.29 is 8.42 Å². The number of hydrogen-bond acceptors (Lipinski definition) is 5. The average molecular weight is 304 g/mol. The maximum Gasteiger partial charge on any atom is 0.215 e. The fourth-order valence-electron chi connectivity index (χ4n) is 2.74. The van der Waals surface area contributed by atoms with Crippen molar-refractivity contribution in [1.82, 2.24) is 19.4 Å². The molecule has 20 heavy (non-hydrogen) atoms. The first-order valence-electron chi connectivity index (χ1n) is 7.43. The van der Waals surface area contributed by atoms with Gasteiger partial charge in [-0.3, -0.25) is 9.80 Å². The molecule has 2 saturated heterocycles. The molecular formula is C13H28N4O2S. The Morgan fingerprint density at radius 3 is 2.35 bits per heavy atom. The number of nitrogens with zero attached hydrogens (tertiary/aromatic N) is 3. The summed E-state index contributed by atoms with van der Waals surface area (Å²) in [5, 5.41) is 3.28. The van der Waals surface area contributed by atoms with Gasteiger partial charge in [0.1, 0.15) is 0 Å². The zero-order chi connectivity index (χ0) is 14.8. The van der Waals surface area contributed by atoms with Crippen LogP contribution in [0.3, 0.4) is 0 Å². The second kappa shape index (κ2) is 6.27. The molecule has 0 radical (unpaired) electrons. The van der Waals surface area contributed by atoms with Crippen LogP contribution in [0.5, 0.6) is 0 Å². The van der Waals surface area contributed by atoms with Crippen molar-refractivity contribution in [1.29, 1.82) is 0 Å². The van der Waals surface area contributed by atoms with E-state index in [0.29, 0.717) is 19.6 Å². The summed E-state index contributed by atoms with van der Waals surface area (Å²) in [4.78, 5) is 4.46. The Kier molecular flexibility index (Phi) is 5.07. The van der Waals surface area contributed by atoms with Gasteiger partial charge in [0.15, 0.2) is 0 Å². The Balaban J connectivity index is 1.89. The lowest BCUT2D eigenvalue weighted by Gasteiger charge is -2.44. The lowest BCUT2D eigenvalue weighted by molar-refractivity contribution is 0.0800. The van der Waals surface area contributed by atoms with Crippen molar-refractivity contribution in [3.05, 3.63) is 0 Å². The topological polar surface area (TPSA) is 55.9 Å². The van der Waals surface area contributed by atoms with Crippen LogP contribution in [0.1, 0.15) is 13.8 Å². The summed E-state index contributed by atoms with van der Waals surface area (Å²) in [6, 6.07) is 0. The third kappa shape index (κ3) is 3.92. The van der Waals surface area contributed by atoms with Crippen LogP contribution in [-0.2, 0) is 10.0 Å². The first-order chi connectivity index (χ1) is 9.31. The predicted octanol–water partition coefficient (Wildman–Crippen LogP) is -0.753. The molecule has 7 heteroatoms. The molecule has 0 spiro atoms. The Morgan fingerprint density at radius 2 is 1.75 bits per heavy atom. The van der Waals surface area contributed by atoms with Gasteiger partial charge in [-0.2, -0.15) is 4.31 Å². The third-order valence-corrected chi connectivity index (χ3v) is 6.35. The van der Waals surface area contributed by atoms with E-state index in [-0.39, 0.29) is 11.3 Å². The summed E-state index contributed by atoms with van der Waals surface area (Å²) in [6.45, 7) is 10.7. The molecule has 0 bridgehead atoms. The molecule has 2 aliphatic rings. The van der Waals surface area contributed by atoms with Crippen LogP contribution in [-0.4, -0.2) is 93.2 Å². The molecule has 2 rings (SSSR count). The summed E-state index contributed by atoms with van der Waals surface area (Å²) < 4.78 is 26.7. The highest BCUT2D eigenvalue weighted by molar-refractivity contribution is 7.89. The van der Waals surface area contributed by atoms with Crippen molar-refractivity contribution in [2.45, 2.75) is 19.4 Å². The van der Waals surface area contributed by atoms with E-state index in [1.807, 2.05) is 0 Å². The molecular weight excluding hydrogens is 276 g/mol. The number of sulfonamides is 1. The number of hydrogen-bond donors (Lipinski definition) is 1. The summed E-state index contributed by atoms with van der Waals surface area (Å²) >= 11 is 0. The highest BCUT2D eigenvalue weighted by atomic mass is 32.2. The molecule has 0 aromatic carbocycles. The smallest absolute Gasteiger partial charge is 0.215 e. The van der Waals surface area contributed by atoms with E-state index in [1.165, 1.54) is 0 Å². The van der Waals surface area contributed by atoms with Gasteiger partial charge in [0.2, 0.25) is 10.0 Å². The standard InChI is InChI=1S/C13H28N4O2S/c1-13(2)12-17(9-8-15(13)3)20(18,19)11-10-16-6-4-14-5-7-16/h14H,4-12H2,1-3H3. The van der Waals surface area contributed by atoms with E-state index in [9.17, 15) is 8.42 Å². The number of rotatable bonds is 4. The highest BCUT2D eigenvalue weighted by Gasteiger charge is 2.36. The first kappa shape index (κ1) is 16.2. The molecule has 0 atom stereocenters. The second-order valence-corrected chi connectivity index (χ2v) is 8.56. The van der Waals surface area contributed by atoms with Crippen LogP contribution < -0.4 is 5.32 Å². The lowest BCUT2D eigenvalue weighted by atomic mass is 10.0. The molecule has 0 saturated carbocycles. The predicted molar refractivity (Wildman–Crippen MR) is 81.4 cm³/mol. The van der Waals surface area contributed by atoms with Gasteiger partial charge < -0.3 is 5.32 Å². The van der Waals surface area contributed by atoms with E-state index in [0.717, 1.165) is 32.7 Å². The number of likely N-dealkylation sites (N-methyl/N-ethyl adjacent to an activating group) is 1. The van der Waals surface area contributed by atoms with E-state index in [4.69, 9.17) is 0 Å². The molecule has 2 aliphatic heterocycles. The quantitative estimate of drug-likeness (QED) is 0.740. The Hall–Kier alpha value is -0.210. The minimum atomic E-state index is -3.13. The van der Waals surface area contributed by atoms with Gasteiger partial charge >= 0.3 is 0 Å². The van der Waals surface area contributed by atoms with E-state index in [2.05, 4.69) is 36.0 Å². The second-order valence-electron chi connectivity index (χ2n) is 6.48. The van der Waals surface area contributed by atoms with Crippen LogP contribution in [0.15, 0.2) is 0 Å². The first-order valence-corrected chi connectivity index (χ1v) is 9.04. The summed E-state index contributed by atoms with van der Waals surface area (Å²) in [6.07, 6.45) is 0. The fourth-order valence-corrected chi connectivity index (χ4v) is 4.36. The van der Waals surface area contributed by atoms with Gasteiger partial charge in [0, 0.05) is 57.9 Å². The molecule has 2 fully saturated rings. The van der Waals surface area contributed by atoms with E-state index in [1.54, 1.807) is 4.31 Å². The van der Waals surface area contributed by atoms with Crippen LogP contribution in [0.25, 0.3) is 0 Å². The highest BCUT2D eigenvalue weighted by Crippen LogP contribution is 2.21. The monoisotopic (exact) mass is 304 g/mol. The van der Waals surface area contributed by atoms with E-state index < -0.39 is 10.0 Å². The van der Waals surface area contributed by atoms with Crippen molar-refractivity contribution in [2.24, 2.45) is 0 Å². The van der Waals surface area contributed by atoms with Gasteiger partial charge in [0.25, 0.3) is 0 Å². The Labute approximate surface area is 123 Å². The zero-order valence-corrected chi connectivity index (χ0v) is 13.7. The average Bonchev–Trinajstić information content (AvgIpc) is 2.41. The molecule has 0 aromatic rings. The number of nitrogens with one attached hydrogen (secondary N) is 1. The summed E-state index contributed by atoms with van der Waals surface area (Å²) in [5.41, 5.74) is -0.0830. The molecule has 0 amide bonds. The molecule has 0 aromatic heterocycles. The van der Waals surface area contributed by atoms with Crippen LogP contribution in [0.2, 0.25) is 0 Å². The molecule has 2 heterocycles. The van der Waals surface area contributed by atoms with Gasteiger partial charge in [-0.1, -0.05) is 0 Å². The fraction of sp³-hybridized carbons (Fsp3) is 1.00.